The summed E-state index contributed by atoms with van der Waals surface area (Å²) in [4.78, 5) is 24.5. The van der Waals surface area contributed by atoms with E-state index in [1.165, 1.54) is 321 Å². The van der Waals surface area contributed by atoms with Crippen LogP contribution in [0.15, 0.2) is 36.5 Å². The zero-order chi connectivity index (χ0) is 57.1. The van der Waals surface area contributed by atoms with Crippen LogP contribution in [0.25, 0.3) is 0 Å². The molecular formula is C73H139NO5. The van der Waals surface area contributed by atoms with Gasteiger partial charge in [-0.3, -0.25) is 9.59 Å². The second-order valence-corrected chi connectivity index (χ2v) is 24.6. The van der Waals surface area contributed by atoms with E-state index in [9.17, 15) is 19.8 Å². The average Bonchev–Trinajstić information content (AvgIpc) is 3.45. The molecule has 2 unspecified atom stereocenters. The van der Waals surface area contributed by atoms with Crippen molar-refractivity contribution < 1.29 is 24.5 Å². The fourth-order valence-corrected chi connectivity index (χ4v) is 11.2. The van der Waals surface area contributed by atoms with Gasteiger partial charge in [-0.2, -0.15) is 0 Å². The third-order valence-corrected chi connectivity index (χ3v) is 16.6. The van der Waals surface area contributed by atoms with Crippen molar-refractivity contribution in [2.24, 2.45) is 0 Å². The van der Waals surface area contributed by atoms with Gasteiger partial charge in [0, 0.05) is 12.8 Å². The minimum atomic E-state index is -0.845. The number of nitrogens with one attached hydrogen (secondary N) is 1. The summed E-state index contributed by atoms with van der Waals surface area (Å²) in [5.74, 6) is -0.0571. The predicted octanol–water partition coefficient (Wildman–Crippen LogP) is 23.1. The second-order valence-electron chi connectivity index (χ2n) is 24.6. The number of carbonyl (C=O) groups is 2. The molecule has 0 fully saturated rings. The van der Waals surface area contributed by atoms with Crippen molar-refractivity contribution in [3.8, 4) is 0 Å². The summed E-state index contributed by atoms with van der Waals surface area (Å²) in [6.45, 7) is 4.91. The lowest BCUT2D eigenvalue weighted by Gasteiger charge is -2.20. The molecule has 0 bridgehead atoms. The van der Waals surface area contributed by atoms with Crippen LogP contribution in [-0.4, -0.2) is 47.4 Å². The van der Waals surface area contributed by atoms with E-state index in [2.05, 4.69) is 43.5 Å². The van der Waals surface area contributed by atoms with E-state index in [1.54, 1.807) is 6.08 Å². The number of amides is 1. The van der Waals surface area contributed by atoms with Crippen molar-refractivity contribution in [2.75, 3.05) is 13.2 Å². The number of aliphatic hydroxyl groups excluding tert-OH is 2. The Balaban J connectivity index is 3.40. The van der Waals surface area contributed by atoms with Crippen LogP contribution in [0.4, 0.5) is 0 Å². The Labute approximate surface area is 494 Å². The number of allylic oxidation sites excluding steroid dienone is 5. The monoisotopic (exact) mass is 1110 g/mol. The first kappa shape index (κ1) is 77.1. The maximum absolute atomic E-state index is 12.5. The third-order valence-electron chi connectivity index (χ3n) is 16.6. The summed E-state index contributed by atoms with van der Waals surface area (Å²) in [5, 5.41) is 23.3. The van der Waals surface area contributed by atoms with Crippen molar-refractivity contribution in [3.05, 3.63) is 36.5 Å². The molecule has 0 aromatic rings. The van der Waals surface area contributed by atoms with Crippen LogP contribution >= 0.6 is 0 Å². The smallest absolute Gasteiger partial charge is 0.305 e. The van der Waals surface area contributed by atoms with Gasteiger partial charge in [0.25, 0.3) is 0 Å². The molecule has 6 nitrogen and oxygen atoms in total. The molecule has 0 saturated carbocycles. The molecule has 0 rings (SSSR count). The summed E-state index contributed by atoms with van der Waals surface area (Å²) in [7, 11) is 0. The Morgan fingerprint density at radius 2 is 0.595 bits per heavy atom. The Morgan fingerprint density at radius 3 is 0.924 bits per heavy atom. The molecule has 79 heavy (non-hydrogen) atoms. The topological polar surface area (TPSA) is 95.9 Å². The highest BCUT2D eigenvalue weighted by atomic mass is 16.5. The predicted molar refractivity (Wildman–Crippen MR) is 347 cm³/mol. The lowest BCUT2D eigenvalue weighted by molar-refractivity contribution is -0.143. The van der Waals surface area contributed by atoms with Crippen molar-refractivity contribution in [1.82, 2.24) is 5.32 Å². The van der Waals surface area contributed by atoms with Gasteiger partial charge >= 0.3 is 5.97 Å². The maximum Gasteiger partial charge on any atom is 0.305 e. The second kappa shape index (κ2) is 68.6. The van der Waals surface area contributed by atoms with E-state index < -0.39 is 12.1 Å². The first-order valence-electron chi connectivity index (χ1n) is 35.8. The Hall–Kier alpha value is -1.92. The first-order valence-corrected chi connectivity index (χ1v) is 35.8. The summed E-state index contributed by atoms with van der Waals surface area (Å²) in [6, 6.07) is -0.628. The Morgan fingerprint density at radius 1 is 0.342 bits per heavy atom. The summed E-state index contributed by atoms with van der Waals surface area (Å²) < 4.78 is 5.47. The number of ether oxygens (including phenoxy) is 1. The molecule has 1 amide bonds. The van der Waals surface area contributed by atoms with Gasteiger partial charge in [0.15, 0.2) is 0 Å². The van der Waals surface area contributed by atoms with Crippen molar-refractivity contribution in [2.45, 2.75) is 405 Å². The summed E-state index contributed by atoms with van der Waals surface area (Å²) >= 11 is 0. The van der Waals surface area contributed by atoms with Crippen LogP contribution in [0.2, 0.25) is 0 Å². The van der Waals surface area contributed by atoms with E-state index in [4.69, 9.17) is 4.74 Å². The van der Waals surface area contributed by atoms with Crippen LogP contribution in [-0.2, 0) is 14.3 Å². The van der Waals surface area contributed by atoms with E-state index in [0.717, 1.165) is 44.9 Å². The van der Waals surface area contributed by atoms with Crippen LogP contribution < -0.4 is 5.32 Å². The van der Waals surface area contributed by atoms with Gasteiger partial charge in [-0.05, 0) is 83.5 Å². The van der Waals surface area contributed by atoms with Crippen LogP contribution in [0.1, 0.15) is 393 Å². The average molecular weight is 1110 g/mol. The van der Waals surface area contributed by atoms with Crippen molar-refractivity contribution in [1.29, 1.82) is 0 Å². The highest BCUT2D eigenvalue weighted by Gasteiger charge is 2.18. The van der Waals surface area contributed by atoms with E-state index in [-0.39, 0.29) is 18.5 Å². The molecule has 0 spiro atoms. The molecule has 0 saturated heterocycles. The number of hydrogen-bond donors (Lipinski definition) is 3. The minimum Gasteiger partial charge on any atom is -0.466 e. The van der Waals surface area contributed by atoms with E-state index in [0.29, 0.717) is 19.4 Å². The third kappa shape index (κ3) is 65.1. The molecule has 3 N–H and O–H groups in total. The minimum absolute atomic E-state index is 0.00638. The molecule has 466 valence electrons. The zero-order valence-corrected chi connectivity index (χ0v) is 53.4. The van der Waals surface area contributed by atoms with Gasteiger partial charge in [0.1, 0.15) is 0 Å². The molecule has 0 aliphatic heterocycles. The van der Waals surface area contributed by atoms with E-state index in [1.807, 2.05) is 6.08 Å². The molecule has 0 aromatic carbocycles. The van der Waals surface area contributed by atoms with Crippen LogP contribution in [0.3, 0.4) is 0 Å². The zero-order valence-electron chi connectivity index (χ0n) is 53.4. The Bertz CT molecular complexity index is 1280. The molecule has 0 aliphatic rings. The van der Waals surface area contributed by atoms with E-state index >= 15 is 0 Å². The molecule has 6 heteroatoms. The standard InChI is InChI=1S/C73H139NO5/c1-3-5-7-9-11-13-15-17-18-19-20-30-33-36-39-42-45-49-53-57-61-65-71(76)70(69-75)74-72(77)66-62-58-54-50-46-43-40-37-34-31-28-26-24-22-21-23-25-27-29-32-35-38-41-44-48-52-56-60-64-68-79-73(78)67-63-59-55-51-47-16-14-12-10-8-6-4-2/h12,14,21,23,61,65,70-71,75-76H,3-11,13,15-20,22,24-60,62-64,66-69H2,1-2H3,(H,74,77)/b14-12-,23-21-,65-61+. The van der Waals surface area contributed by atoms with Gasteiger partial charge in [-0.15, -0.1) is 0 Å². The SMILES string of the molecule is CCCCC/C=C\CCCCCCCC(=O)OCCCCCCCCCCCCCC/C=C\CCCCCCCCCCCCCCCC(=O)NC(CO)C(O)/C=C/CCCCCCCCCCCCCCCCCCCCC. The fraction of sp³-hybridized carbons (Fsp3) is 0.890. The Kier molecular flexibility index (Phi) is 66.9. The number of esters is 1. The lowest BCUT2D eigenvalue weighted by atomic mass is 10.0. The molecule has 2 atom stereocenters. The van der Waals surface area contributed by atoms with Gasteiger partial charge < -0.3 is 20.3 Å². The molecule has 0 aliphatic carbocycles. The molecule has 0 radical (unpaired) electrons. The van der Waals surface area contributed by atoms with Crippen molar-refractivity contribution in [3.63, 3.8) is 0 Å². The van der Waals surface area contributed by atoms with Gasteiger partial charge in [0.05, 0.1) is 25.4 Å². The first-order chi connectivity index (χ1) is 39.0. The van der Waals surface area contributed by atoms with Crippen LogP contribution in [0, 0.1) is 0 Å². The number of rotatable bonds is 67. The number of unbranched alkanes of at least 4 members (excludes halogenated alkanes) is 52. The highest BCUT2D eigenvalue weighted by Crippen LogP contribution is 2.18. The summed E-state index contributed by atoms with van der Waals surface area (Å²) in [5.41, 5.74) is 0. The van der Waals surface area contributed by atoms with Gasteiger partial charge in [-0.1, -0.05) is 333 Å². The maximum atomic E-state index is 12.5. The number of hydrogen-bond acceptors (Lipinski definition) is 5. The highest BCUT2D eigenvalue weighted by molar-refractivity contribution is 5.76. The normalized spacial score (nSPS) is 12.7. The fourth-order valence-electron chi connectivity index (χ4n) is 11.2. The summed E-state index contributed by atoms with van der Waals surface area (Å²) in [6.07, 6.45) is 88.0. The van der Waals surface area contributed by atoms with Gasteiger partial charge in [0.2, 0.25) is 5.91 Å². The quantitative estimate of drug-likeness (QED) is 0.0320. The van der Waals surface area contributed by atoms with Crippen molar-refractivity contribution >= 4 is 11.9 Å². The van der Waals surface area contributed by atoms with Gasteiger partial charge in [-0.25, -0.2) is 0 Å². The van der Waals surface area contributed by atoms with Crippen LogP contribution in [0.5, 0.6) is 0 Å². The number of carbonyl (C=O) groups excluding carboxylic acids is 2. The molecule has 0 heterocycles. The largest absolute Gasteiger partial charge is 0.466 e. The number of aliphatic hydroxyl groups is 2. The molecular weight excluding hydrogens is 971 g/mol. The lowest BCUT2D eigenvalue weighted by Crippen LogP contribution is -2.45. The molecule has 0 aromatic heterocycles.